The summed E-state index contributed by atoms with van der Waals surface area (Å²) in [5, 5.41) is 12.2. The van der Waals surface area contributed by atoms with Crippen LogP contribution < -0.4 is 4.74 Å². The molecule has 1 N–H and O–H groups in total. The Morgan fingerprint density at radius 2 is 2.00 bits per heavy atom. The molecule has 0 radical (unpaired) electrons. The fourth-order valence-electron chi connectivity index (χ4n) is 6.73. The van der Waals surface area contributed by atoms with Gasteiger partial charge in [0.1, 0.15) is 5.75 Å². The van der Waals surface area contributed by atoms with Gasteiger partial charge in [-0.05, 0) is 37.3 Å². The molecule has 1 aromatic carbocycles. The number of Topliss-reactive ketones (excluding diaryl/α,β-unsaturated/α-hetero) is 1. The molecule has 158 valence electrons. The number of hydrogen-bond donors (Lipinski definition) is 1. The van der Waals surface area contributed by atoms with Gasteiger partial charge in [0.25, 0.3) is 5.91 Å². The van der Waals surface area contributed by atoms with E-state index in [0.29, 0.717) is 38.6 Å². The van der Waals surface area contributed by atoms with Gasteiger partial charge in [0.05, 0.1) is 17.1 Å². The molecule has 0 unspecified atom stereocenters. The fraction of sp³-hybridized carbons (Fsp3) is 0.609. The number of amides is 1. The van der Waals surface area contributed by atoms with Crippen molar-refractivity contribution in [1.82, 2.24) is 4.90 Å². The maximum Gasteiger partial charge on any atom is 0.303 e. The summed E-state index contributed by atoms with van der Waals surface area (Å²) in [6.07, 6.45) is 1.85. The minimum absolute atomic E-state index is 0.0280. The van der Waals surface area contributed by atoms with E-state index in [2.05, 4.69) is 0 Å². The van der Waals surface area contributed by atoms with E-state index in [9.17, 15) is 19.5 Å². The molecule has 5 aliphatic rings. The molecule has 1 amide bonds. The highest BCUT2D eigenvalue weighted by molar-refractivity contribution is 5.93. The van der Waals surface area contributed by atoms with Crippen molar-refractivity contribution in [3.63, 3.8) is 0 Å². The summed E-state index contributed by atoms with van der Waals surface area (Å²) in [7, 11) is 0. The van der Waals surface area contributed by atoms with Gasteiger partial charge in [0.2, 0.25) is 0 Å². The van der Waals surface area contributed by atoms with Gasteiger partial charge in [-0.15, -0.1) is 0 Å². The van der Waals surface area contributed by atoms with Crippen LogP contribution in [0.25, 0.3) is 0 Å². The van der Waals surface area contributed by atoms with E-state index in [1.807, 2.05) is 19.1 Å². The Kier molecular flexibility index (Phi) is 3.33. The molecule has 2 saturated carbocycles. The number of piperidine rings is 1. The van der Waals surface area contributed by atoms with Crippen molar-refractivity contribution >= 4 is 17.7 Å². The van der Waals surface area contributed by atoms with Crippen molar-refractivity contribution in [2.45, 2.75) is 81.1 Å². The number of carbonyl (C=O) groups is 3. The van der Waals surface area contributed by atoms with Gasteiger partial charge in [-0.3, -0.25) is 14.4 Å². The van der Waals surface area contributed by atoms with Crippen molar-refractivity contribution in [3.8, 4) is 5.75 Å². The van der Waals surface area contributed by atoms with Crippen LogP contribution in [0.15, 0.2) is 12.1 Å². The first-order valence-electron chi connectivity index (χ1n) is 10.8. The third kappa shape index (κ3) is 1.93. The summed E-state index contributed by atoms with van der Waals surface area (Å²) in [6, 6.07) is 3.56. The van der Waals surface area contributed by atoms with Crippen molar-refractivity contribution < 1.29 is 29.0 Å². The first-order valence-corrected chi connectivity index (χ1v) is 10.8. The zero-order valence-electron chi connectivity index (χ0n) is 17.2. The topological polar surface area (TPSA) is 93.1 Å². The van der Waals surface area contributed by atoms with Crippen LogP contribution in [0.2, 0.25) is 0 Å². The second kappa shape index (κ2) is 5.44. The van der Waals surface area contributed by atoms with Crippen molar-refractivity contribution in [3.05, 3.63) is 28.8 Å². The highest BCUT2D eigenvalue weighted by atomic mass is 16.6. The van der Waals surface area contributed by atoms with E-state index in [1.54, 1.807) is 4.90 Å². The number of aryl methyl sites for hydroxylation is 1. The van der Waals surface area contributed by atoms with E-state index in [-0.39, 0.29) is 18.1 Å². The van der Waals surface area contributed by atoms with E-state index in [0.717, 1.165) is 22.4 Å². The standard InChI is InChI=1S/C23H25NO6/c1-12-3-4-14-11-16-23(28)6-5-15(26)19-22(23,17(14)18(12)29-19)9-10-24(16)20(27)21(7-8-21)30-13(2)25/h3-4,16,19,28H,5-11H2,1-2H3/t16-,19+,22+,23-/m1/s1. The normalized spacial score (nSPS) is 36.6. The molecule has 0 aromatic heterocycles. The van der Waals surface area contributed by atoms with Crippen LogP contribution in [-0.4, -0.2) is 57.6 Å². The molecule has 7 heteroatoms. The molecule has 1 saturated heterocycles. The Labute approximate surface area is 174 Å². The van der Waals surface area contributed by atoms with Gasteiger partial charge < -0.3 is 19.5 Å². The number of esters is 1. The third-order valence-electron chi connectivity index (χ3n) is 8.17. The number of rotatable bonds is 2. The maximum absolute atomic E-state index is 13.5. The van der Waals surface area contributed by atoms with Gasteiger partial charge in [-0.2, -0.15) is 0 Å². The quantitative estimate of drug-likeness (QED) is 0.739. The lowest BCUT2D eigenvalue weighted by Crippen LogP contribution is -2.77. The summed E-state index contributed by atoms with van der Waals surface area (Å²) in [4.78, 5) is 39.7. The zero-order chi connectivity index (χ0) is 21.1. The number of nitrogens with zero attached hydrogens (tertiary/aromatic N) is 1. The Balaban J connectivity index is 1.49. The van der Waals surface area contributed by atoms with Gasteiger partial charge in [0.15, 0.2) is 17.5 Å². The lowest BCUT2D eigenvalue weighted by Gasteiger charge is -2.62. The second-order valence-electron chi connectivity index (χ2n) is 9.66. The predicted molar refractivity (Wildman–Crippen MR) is 104 cm³/mol. The summed E-state index contributed by atoms with van der Waals surface area (Å²) in [5.74, 6) is 0.0898. The summed E-state index contributed by atoms with van der Waals surface area (Å²) in [6.45, 7) is 3.70. The maximum atomic E-state index is 13.5. The summed E-state index contributed by atoms with van der Waals surface area (Å²) < 4.78 is 11.6. The number of ether oxygens (including phenoxy) is 2. The van der Waals surface area contributed by atoms with Crippen LogP contribution in [0.1, 0.15) is 55.7 Å². The van der Waals surface area contributed by atoms with Crippen molar-refractivity contribution in [2.24, 2.45) is 0 Å². The Bertz CT molecular complexity index is 1030. The molecule has 7 nitrogen and oxygen atoms in total. The molecular weight excluding hydrogens is 386 g/mol. The van der Waals surface area contributed by atoms with Crippen LogP contribution in [0.5, 0.6) is 5.75 Å². The average Bonchev–Trinajstić information content (AvgIpc) is 3.36. The summed E-state index contributed by atoms with van der Waals surface area (Å²) in [5.41, 5.74) is -0.142. The zero-order valence-corrected chi connectivity index (χ0v) is 17.2. The van der Waals surface area contributed by atoms with E-state index >= 15 is 0 Å². The fourth-order valence-corrected chi connectivity index (χ4v) is 6.73. The lowest BCUT2D eigenvalue weighted by atomic mass is 9.49. The highest BCUT2D eigenvalue weighted by Gasteiger charge is 2.74. The minimum Gasteiger partial charge on any atom is -0.481 e. The first kappa shape index (κ1) is 18.4. The van der Waals surface area contributed by atoms with Gasteiger partial charge in [0, 0.05) is 38.3 Å². The van der Waals surface area contributed by atoms with Crippen LogP contribution >= 0.6 is 0 Å². The molecule has 6 rings (SSSR count). The number of benzene rings is 1. The molecule has 30 heavy (non-hydrogen) atoms. The SMILES string of the molecule is CC(=O)OC1(C(=O)N2CC[C@]34c5c6ccc(C)c5O[C@H]3C(=O)CC[C@@]4(O)[C@H]2C6)CC1. The van der Waals surface area contributed by atoms with Crippen LogP contribution in [-0.2, 0) is 31.0 Å². The van der Waals surface area contributed by atoms with Crippen molar-refractivity contribution in [1.29, 1.82) is 0 Å². The molecule has 1 spiro atoms. The smallest absolute Gasteiger partial charge is 0.303 e. The molecule has 2 heterocycles. The first-order chi connectivity index (χ1) is 14.2. The second-order valence-corrected chi connectivity index (χ2v) is 9.66. The minimum atomic E-state index is -1.24. The van der Waals surface area contributed by atoms with Gasteiger partial charge >= 0.3 is 5.97 Å². The molecule has 4 atom stereocenters. The van der Waals surface area contributed by atoms with Crippen LogP contribution in [0.4, 0.5) is 0 Å². The van der Waals surface area contributed by atoms with Crippen LogP contribution in [0.3, 0.4) is 0 Å². The highest BCUT2D eigenvalue weighted by Crippen LogP contribution is 2.64. The number of ketones is 1. The Morgan fingerprint density at radius 1 is 1.23 bits per heavy atom. The monoisotopic (exact) mass is 411 g/mol. The average molecular weight is 411 g/mol. The predicted octanol–water partition coefficient (Wildman–Crippen LogP) is 1.34. The van der Waals surface area contributed by atoms with Crippen LogP contribution in [0, 0.1) is 6.92 Å². The van der Waals surface area contributed by atoms with E-state index in [4.69, 9.17) is 9.47 Å². The van der Waals surface area contributed by atoms with E-state index in [1.165, 1.54) is 6.92 Å². The van der Waals surface area contributed by atoms with Crippen molar-refractivity contribution in [2.75, 3.05) is 6.54 Å². The molecule has 2 bridgehead atoms. The Morgan fingerprint density at radius 3 is 2.70 bits per heavy atom. The van der Waals surface area contributed by atoms with Gasteiger partial charge in [-0.25, -0.2) is 0 Å². The molecule has 3 aliphatic carbocycles. The number of aliphatic hydroxyl groups is 1. The molecule has 1 aromatic rings. The molecular formula is C23H25NO6. The largest absolute Gasteiger partial charge is 0.481 e. The number of likely N-dealkylation sites (tertiary alicyclic amines) is 1. The van der Waals surface area contributed by atoms with Gasteiger partial charge in [-0.1, -0.05) is 12.1 Å². The lowest BCUT2D eigenvalue weighted by molar-refractivity contribution is -0.198. The Hall–Kier alpha value is -2.41. The molecule has 3 fully saturated rings. The van der Waals surface area contributed by atoms with E-state index < -0.39 is 34.7 Å². The summed E-state index contributed by atoms with van der Waals surface area (Å²) >= 11 is 0. The number of carbonyl (C=O) groups excluding carboxylic acids is 3. The third-order valence-corrected chi connectivity index (χ3v) is 8.17. The molecule has 2 aliphatic heterocycles. The number of hydrogen-bond acceptors (Lipinski definition) is 6.